The fourth-order valence-electron chi connectivity index (χ4n) is 6.53. The SMILES string of the molecule is CC(=O)OC(C)(C)Cc1ccccc1.CCOC(=O)c1nc2ccc(Cl)cc2cc1SCC.CCSc1cc2cc(Cl)ccc2nc1C(=O)CC(=O)OC(C)(C)Cc1ccccc1. The minimum absolute atomic E-state index is 0.231. The molecule has 0 aliphatic rings. The number of carbonyl (C=O) groups excluding carboxylic acids is 4. The second-order valence-corrected chi connectivity index (χ2v) is 18.9. The molecule has 0 bridgehead atoms. The number of aromatic nitrogens is 2. The van der Waals surface area contributed by atoms with Crippen LogP contribution in [0.2, 0.25) is 10.0 Å². The third kappa shape index (κ3) is 16.6. The third-order valence-electron chi connectivity index (χ3n) is 8.88. The minimum Gasteiger partial charge on any atom is -0.461 e. The van der Waals surface area contributed by atoms with Gasteiger partial charge in [0.2, 0.25) is 0 Å². The fourth-order valence-corrected chi connectivity index (χ4v) is 8.49. The Bertz CT molecular complexity index is 2500. The highest BCUT2D eigenvalue weighted by molar-refractivity contribution is 7.99. The smallest absolute Gasteiger partial charge is 0.358 e. The third-order valence-corrected chi connectivity index (χ3v) is 11.2. The average Bonchev–Trinajstić information content (AvgIpc) is 3.20. The van der Waals surface area contributed by atoms with Gasteiger partial charge in [-0.05, 0) is 106 Å². The van der Waals surface area contributed by atoms with Crippen LogP contribution in [0.5, 0.6) is 0 Å². The normalized spacial score (nSPS) is 11.1. The lowest BCUT2D eigenvalue weighted by atomic mass is 9.98. The van der Waals surface area contributed by atoms with Crippen molar-refractivity contribution < 1.29 is 33.4 Å². The van der Waals surface area contributed by atoms with Gasteiger partial charge in [-0.15, -0.1) is 23.5 Å². The number of nitrogens with zero attached hydrogens (tertiary/aromatic N) is 2. The van der Waals surface area contributed by atoms with E-state index in [1.807, 2.05) is 126 Å². The highest BCUT2D eigenvalue weighted by atomic mass is 35.5. The maximum absolute atomic E-state index is 12.9. The molecule has 0 aliphatic heterocycles. The topological polar surface area (TPSA) is 122 Å². The van der Waals surface area contributed by atoms with Gasteiger partial charge in [0.15, 0.2) is 11.5 Å². The molecule has 63 heavy (non-hydrogen) atoms. The largest absolute Gasteiger partial charge is 0.461 e. The Morgan fingerprint density at radius 1 is 0.603 bits per heavy atom. The summed E-state index contributed by atoms with van der Waals surface area (Å²) in [5.41, 5.74) is 3.20. The van der Waals surface area contributed by atoms with E-state index in [0.717, 1.165) is 49.6 Å². The average molecular weight is 930 g/mol. The van der Waals surface area contributed by atoms with Crippen LogP contribution in [-0.2, 0) is 36.6 Å². The maximum Gasteiger partial charge on any atom is 0.358 e. The van der Waals surface area contributed by atoms with Gasteiger partial charge in [-0.2, -0.15) is 0 Å². The van der Waals surface area contributed by atoms with E-state index in [-0.39, 0.29) is 24.1 Å². The first kappa shape index (κ1) is 50.7. The molecular weight excluding hydrogens is 876 g/mol. The summed E-state index contributed by atoms with van der Waals surface area (Å²) in [6, 6.07) is 34.4. The summed E-state index contributed by atoms with van der Waals surface area (Å²) in [5, 5.41) is 3.06. The van der Waals surface area contributed by atoms with Gasteiger partial charge in [-0.1, -0.05) is 97.7 Å². The number of halogens is 2. The van der Waals surface area contributed by atoms with Crippen LogP contribution in [0.1, 0.15) is 93.9 Å². The van der Waals surface area contributed by atoms with Crippen molar-refractivity contribution in [3.8, 4) is 0 Å². The molecule has 2 aromatic heterocycles. The van der Waals surface area contributed by atoms with Gasteiger partial charge in [-0.25, -0.2) is 14.8 Å². The van der Waals surface area contributed by atoms with E-state index in [1.165, 1.54) is 24.2 Å². The van der Waals surface area contributed by atoms with E-state index in [1.54, 1.807) is 43.0 Å². The van der Waals surface area contributed by atoms with Crippen LogP contribution in [0.15, 0.2) is 119 Å². The van der Waals surface area contributed by atoms with E-state index in [2.05, 4.69) is 9.97 Å². The quantitative estimate of drug-likeness (QED) is 0.0322. The van der Waals surface area contributed by atoms with Gasteiger partial charge >= 0.3 is 17.9 Å². The van der Waals surface area contributed by atoms with Crippen molar-refractivity contribution in [3.63, 3.8) is 0 Å². The number of Topliss-reactive ketones (excluding diaryl/α,β-unsaturated/α-hetero) is 1. The van der Waals surface area contributed by atoms with Crippen molar-refractivity contribution in [2.24, 2.45) is 0 Å². The Kier molecular flexibility index (Phi) is 19.5. The lowest BCUT2D eigenvalue weighted by Crippen LogP contribution is -2.31. The zero-order valence-electron chi connectivity index (χ0n) is 37.0. The number of carbonyl (C=O) groups is 4. The lowest BCUT2D eigenvalue weighted by molar-refractivity contribution is -0.155. The number of fused-ring (bicyclic) bond motifs is 2. The summed E-state index contributed by atoms with van der Waals surface area (Å²) < 4.78 is 15.9. The van der Waals surface area contributed by atoms with Crippen LogP contribution >= 0.6 is 46.7 Å². The van der Waals surface area contributed by atoms with Gasteiger partial charge in [-0.3, -0.25) is 14.4 Å². The summed E-state index contributed by atoms with van der Waals surface area (Å²) in [5.74, 6) is 0.138. The van der Waals surface area contributed by atoms with Crippen LogP contribution < -0.4 is 0 Å². The van der Waals surface area contributed by atoms with E-state index in [4.69, 9.17) is 37.4 Å². The van der Waals surface area contributed by atoms with Gasteiger partial charge in [0.1, 0.15) is 23.3 Å². The Hall–Kier alpha value is -4.94. The van der Waals surface area contributed by atoms with E-state index >= 15 is 0 Å². The Morgan fingerprint density at radius 3 is 1.49 bits per heavy atom. The first-order valence-corrected chi connectivity index (χ1v) is 23.3. The van der Waals surface area contributed by atoms with E-state index in [0.29, 0.717) is 40.0 Å². The molecule has 0 saturated heterocycles. The van der Waals surface area contributed by atoms with Gasteiger partial charge in [0.05, 0.1) is 17.6 Å². The maximum atomic E-state index is 12.9. The molecule has 0 radical (unpaired) electrons. The molecule has 6 rings (SSSR count). The zero-order chi connectivity index (χ0) is 46.2. The summed E-state index contributed by atoms with van der Waals surface area (Å²) >= 11 is 15.1. The number of rotatable bonds is 15. The van der Waals surface area contributed by atoms with E-state index < -0.39 is 17.2 Å². The van der Waals surface area contributed by atoms with Crippen molar-refractivity contribution in [1.29, 1.82) is 0 Å². The number of hydrogen-bond donors (Lipinski definition) is 0. The molecule has 6 aromatic rings. The molecular formula is C50H54Cl2N2O7S2. The molecule has 4 aromatic carbocycles. The van der Waals surface area contributed by atoms with Crippen molar-refractivity contribution in [2.75, 3.05) is 18.1 Å². The summed E-state index contributed by atoms with van der Waals surface area (Å²) in [7, 11) is 0. The molecule has 9 nitrogen and oxygen atoms in total. The van der Waals surface area contributed by atoms with Crippen molar-refractivity contribution in [1.82, 2.24) is 9.97 Å². The summed E-state index contributed by atoms with van der Waals surface area (Å²) in [6.07, 6.45) is 0.967. The number of esters is 3. The second-order valence-electron chi connectivity index (χ2n) is 15.4. The van der Waals surface area contributed by atoms with Crippen molar-refractivity contribution >= 4 is 92.2 Å². The number of benzene rings is 4. The number of ether oxygens (including phenoxy) is 3. The summed E-state index contributed by atoms with van der Waals surface area (Å²) in [4.78, 5) is 58.7. The standard InChI is InChI=1S/C24H24ClNO3S.C14H14ClNO2S.C12H16O2/c1-4-30-21-13-17-12-18(25)10-11-19(17)26-23(21)20(27)14-22(28)29-24(2,3)15-16-8-6-5-7-9-16;1-3-18-14(17)13-12(19-4-2)8-9-7-10(15)5-6-11(9)16-13;1-10(13)14-12(2,3)9-11-7-5-4-6-8-11/h5-13H,4,14-15H2,1-3H3;5-8H,3-4H2,1-2H3;4-8H,9H2,1-3H3. The monoisotopic (exact) mass is 928 g/mol. The molecule has 0 fully saturated rings. The minimum atomic E-state index is -0.715. The Labute approximate surface area is 389 Å². The number of ketones is 1. The molecule has 332 valence electrons. The molecule has 2 heterocycles. The van der Waals surface area contributed by atoms with Crippen LogP contribution in [-0.4, -0.2) is 63.0 Å². The molecule has 0 spiro atoms. The second kappa shape index (κ2) is 24.2. The first-order chi connectivity index (χ1) is 29.9. The number of thioether (sulfide) groups is 2. The molecule has 13 heteroatoms. The van der Waals surface area contributed by atoms with Gasteiger partial charge in [0.25, 0.3) is 0 Å². The highest BCUT2D eigenvalue weighted by Crippen LogP contribution is 2.30. The van der Waals surface area contributed by atoms with Crippen molar-refractivity contribution in [2.45, 2.75) is 95.6 Å². The van der Waals surface area contributed by atoms with Gasteiger partial charge in [0, 0.05) is 50.4 Å². The van der Waals surface area contributed by atoms with Crippen LogP contribution in [0.4, 0.5) is 0 Å². The fraction of sp³-hybridized carbons (Fsp3) is 0.320. The summed E-state index contributed by atoms with van der Waals surface area (Å²) in [6.45, 7) is 15.1. The van der Waals surface area contributed by atoms with Crippen LogP contribution in [0.3, 0.4) is 0 Å². The molecule has 0 unspecified atom stereocenters. The molecule has 0 atom stereocenters. The van der Waals surface area contributed by atoms with Crippen molar-refractivity contribution in [3.05, 3.63) is 142 Å². The zero-order valence-corrected chi connectivity index (χ0v) is 40.1. The first-order valence-electron chi connectivity index (χ1n) is 20.6. The van der Waals surface area contributed by atoms with Crippen LogP contribution in [0, 0.1) is 0 Å². The number of hydrogen-bond acceptors (Lipinski definition) is 11. The highest BCUT2D eigenvalue weighted by Gasteiger charge is 2.27. The Morgan fingerprint density at radius 2 is 1.05 bits per heavy atom. The predicted octanol–water partition coefficient (Wildman–Crippen LogP) is 12.9. The van der Waals surface area contributed by atoms with Gasteiger partial charge < -0.3 is 14.2 Å². The molecule has 0 N–H and O–H groups in total. The molecule has 0 saturated carbocycles. The van der Waals surface area contributed by atoms with Crippen LogP contribution in [0.25, 0.3) is 21.8 Å². The molecule has 0 amide bonds. The number of pyridine rings is 2. The van der Waals surface area contributed by atoms with E-state index in [9.17, 15) is 19.2 Å². The molecule has 0 aliphatic carbocycles. The predicted molar refractivity (Wildman–Crippen MR) is 258 cm³/mol. The Balaban J connectivity index is 0.000000226. The lowest BCUT2D eigenvalue weighted by Gasteiger charge is -2.25.